The van der Waals surface area contributed by atoms with Crippen LogP contribution in [0.25, 0.3) is 0 Å². The van der Waals surface area contributed by atoms with Gasteiger partial charge in [0.25, 0.3) is 0 Å². The van der Waals surface area contributed by atoms with Gasteiger partial charge in [-0.05, 0) is 12.1 Å². The highest BCUT2D eigenvalue weighted by Crippen LogP contribution is 2.28. The van der Waals surface area contributed by atoms with Crippen molar-refractivity contribution in [1.82, 2.24) is 0 Å². The first-order chi connectivity index (χ1) is 10.8. The van der Waals surface area contributed by atoms with Crippen LogP contribution in [0.2, 0.25) is 0 Å². The molecule has 0 bridgehead atoms. The van der Waals surface area contributed by atoms with Crippen molar-refractivity contribution < 1.29 is 34.4 Å². The number of esters is 2. The quantitative estimate of drug-likeness (QED) is 0.519. The van der Waals surface area contributed by atoms with Gasteiger partial charge in [0.05, 0.1) is 5.56 Å². The van der Waals surface area contributed by atoms with Crippen molar-refractivity contribution in [3.05, 3.63) is 48.0 Å². The van der Waals surface area contributed by atoms with Crippen LogP contribution in [-0.4, -0.2) is 57.8 Å². The number of carbonyl (C=O) groups is 2. The molecule has 0 heterocycles. The van der Waals surface area contributed by atoms with Crippen molar-refractivity contribution >= 4 is 11.9 Å². The molecule has 3 N–H and O–H groups in total. The molecule has 0 amide bonds. The van der Waals surface area contributed by atoms with E-state index in [9.17, 15) is 24.9 Å². The zero-order valence-corrected chi connectivity index (χ0v) is 12.5. The van der Waals surface area contributed by atoms with E-state index in [2.05, 4.69) is 0 Å². The molecule has 2 rings (SSSR count). The van der Waals surface area contributed by atoms with E-state index in [-0.39, 0.29) is 5.56 Å². The van der Waals surface area contributed by atoms with Gasteiger partial charge in [0.2, 0.25) is 0 Å². The summed E-state index contributed by atoms with van der Waals surface area (Å²) in [5, 5.41) is 30.5. The van der Waals surface area contributed by atoms with Crippen LogP contribution in [0.5, 0.6) is 0 Å². The van der Waals surface area contributed by atoms with Crippen molar-refractivity contribution in [1.29, 1.82) is 0 Å². The van der Waals surface area contributed by atoms with Gasteiger partial charge in [-0.25, -0.2) is 4.79 Å². The van der Waals surface area contributed by atoms with Gasteiger partial charge >= 0.3 is 11.9 Å². The number of carbonyl (C=O) groups excluding carboxylic acids is 2. The molecule has 7 heteroatoms. The molecule has 0 spiro atoms. The Morgan fingerprint density at radius 3 is 2.43 bits per heavy atom. The van der Waals surface area contributed by atoms with Gasteiger partial charge in [-0.3, -0.25) is 4.79 Å². The summed E-state index contributed by atoms with van der Waals surface area (Å²) in [6.45, 7) is 0.453. The van der Waals surface area contributed by atoms with Gasteiger partial charge in [0.1, 0.15) is 18.8 Å². The van der Waals surface area contributed by atoms with E-state index in [4.69, 9.17) is 9.47 Å². The molecule has 23 heavy (non-hydrogen) atoms. The molecule has 0 saturated heterocycles. The van der Waals surface area contributed by atoms with Gasteiger partial charge in [0.15, 0.2) is 11.7 Å². The Bertz CT molecular complexity index is 598. The third-order valence-electron chi connectivity index (χ3n) is 3.54. The summed E-state index contributed by atoms with van der Waals surface area (Å²) < 4.78 is 9.90. The normalized spacial score (nSPS) is 29.8. The first kappa shape index (κ1) is 17.1. The molecular formula is C16H18O7. The van der Waals surface area contributed by atoms with E-state index < -0.39 is 42.5 Å². The first-order valence-electron chi connectivity index (χ1n) is 7.01. The Kier molecular flexibility index (Phi) is 5.15. The number of benzene rings is 1. The molecule has 0 aromatic heterocycles. The lowest BCUT2D eigenvalue weighted by Crippen LogP contribution is -2.62. The van der Waals surface area contributed by atoms with Crippen LogP contribution in [0.1, 0.15) is 17.3 Å². The number of aliphatic hydroxyl groups excluding tert-OH is 2. The van der Waals surface area contributed by atoms with Crippen molar-refractivity contribution in [2.75, 3.05) is 6.61 Å². The number of hydrogen-bond donors (Lipinski definition) is 3. The van der Waals surface area contributed by atoms with Crippen LogP contribution in [0.3, 0.4) is 0 Å². The fraction of sp³-hybridized carbons (Fsp3) is 0.375. The Morgan fingerprint density at radius 1 is 1.17 bits per heavy atom. The Hall–Kier alpha value is -2.22. The minimum atomic E-state index is -2.15. The van der Waals surface area contributed by atoms with Crippen LogP contribution < -0.4 is 0 Å². The summed E-state index contributed by atoms with van der Waals surface area (Å²) in [5.41, 5.74) is -1.88. The average Bonchev–Trinajstić information content (AvgIpc) is 2.54. The maximum Gasteiger partial charge on any atom is 0.338 e. The SMILES string of the molecule is CC(=O)OC1C(O)C=CC(O)C1(O)COC(=O)c1ccccc1. The van der Waals surface area contributed by atoms with Crippen molar-refractivity contribution in [3.63, 3.8) is 0 Å². The Labute approximate surface area is 132 Å². The molecule has 124 valence electrons. The molecule has 0 fully saturated rings. The predicted octanol–water partition coefficient (Wildman–Crippen LogP) is -0.202. The van der Waals surface area contributed by atoms with E-state index in [1.165, 1.54) is 18.2 Å². The lowest BCUT2D eigenvalue weighted by atomic mass is 9.82. The van der Waals surface area contributed by atoms with Gasteiger partial charge in [-0.1, -0.05) is 30.4 Å². The third kappa shape index (κ3) is 3.76. The number of aliphatic hydroxyl groups is 3. The monoisotopic (exact) mass is 322 g/mol. The zero-order chi connectivity index (χ0) is 17.0. The van der Waals surface area contributed by atoms with Gasteiger partial charge in [-0.15, -0.1) is 0 Å². The van der Waals surface area contributed by atoms with E-state index >= 15 is 0 Å². The zero-order valence-electron chi connectivity index (χ0n) is 12.5. The van der Waals surface area contributed by atoms with Crippen LogP contribution in [-0.2, 0) is 14.3 Å². The lowest BCUT2D eigenvalue weighted by Gasteiger charge is -2.41. The van der Waals surface area contributed by atoms with Crippen LogP contribution in [0.15, 0.2) is 42.5 Å². The fourth-order valence-corrected chi connectivity index (χ4v) is 2.31. The molecule has 1 aromatic carbocycles. The molecule has 1 aliphatic rings. The molecule has 1 aliphatic carbocycles. The van der Waals surface area contributed by atoms with Crippen LogP contribution in [0.4, 0.5) is 0 Å². The van der Waals surface area contributed by atoms with Crippen molar-refractivity contribution in [2.45, 2.75) is 30.8 Å². The highest BCUT2D eigenvalue weighted by molar-refractivity contribution is 5.89. The van der Waals surface area contributed by atoms with Gasteiger partial charge in [-0.2, -0.15) is 0 Å². The molecule has 1 aromatic rings. The summed E-state index contributed by atoms with van der Waals surface area (Å²) in [4.78, 5) is 23.1. The Balaban J connectivity index is 2.14. The molecule has 4 unspecified atom stereocenters. The number of hydrogen-bond acceptors (Lipinski definition) is 7. The lowest BCUT2D eigenvalue weighted by molar-refractivity contribution is -0.204. The van der Waals surface area contributed by atoms with Gasteiger partial charge in [0, 0.05) is 6.92 Å². The summed E-state index contributed by atoms with van der Waals surface area (Å²) in [7, 11) is 0. The standard InChI is InChI=1S/C16H18O7/c1-10(17)23-14-12(18)7-8-13(19)16(14,21)9-22-15(20)11-5-3-2-4-6-11/h2-8,12-14,18-19,21H,9H2,1H3. The predicted molar refractivity (Wildman–Crippen MR) is 78.4 cm³/mol. The van der Waals surface area contributed by atoms with E-state index in [0.717, 1.165) is 13.0 Å². The number of rotatable bonds is 4. The topological polar surface area (TPSA) is 113 Å². The fourth-order valence-electron chi connectivity index (χ4n) is 2.31. The van der Waals surface area contributed by atoms with Crippen molar-refractivity contribution in [3.8, 4) is 0 Å². The van der Waals surface area contributed by atoms with Crippen LogP contribution in [0, 0.1) is 0 Å². The second kappa shape index (κ2) is 6.91. The largest absolute Gasteiger partial charge is 0.459 e. The summed E-state index contributed by atoms with van der Waals surface area (Å²) in [5.74, 6) is -1.46. The minimum absolute atomic E-state index is 0.265. The maximum atomic E-state index is 11.9. The smallest absolute Gasteiger partial charge is 0.338 e. The van der Waals surface area contributed by atoms with E-state index in [1.807, 2.05) is 0 Å². The van der Waals surface area contributed by atoms with E-state index in [0.29, 0.717) is 0 Å². The average molecular weight is 322 g/mol. The molecule has 0 radical (unpaired) electrons. The summed E-state index contributed by atoms with van der Waals surface area (Å²) in [6, 6.07) is 8.08. The third-order valence-corrected chi connectivity index (χ3v) is 3.54. The molecule has 7 nitrogen and oxygen atoms in total. The number of ether oxygens (including phenoxy) is 2. The molecule has 4 atom stereocenters. The summed E-state index contributed by atoms with van der Waals surface area (Å²) >= 11 is 0. The highest BCUT2D eigenvalue weighted by Gasteiger charge is 2.51. The Morgan fingerprint density at radius 2 is 1.83 bits per heavy atom. The molecule has 0 aliphatic heterocycles. The minimum Gasteiger partial charge on any atom is -0.459 e. The van der Waals surface area contributed by atoms with Crippen LogP contribution >= 0.6 is 0 Å². The van der Waals surface area contributed by atoms with Crippen molar-refractivity contribution in [2.24, 2.45) is 0 Å². The first-order valence-corrected chi connectivity index (χ1v) is 7.01. The molecular weight excluding hydrogens is 304 g/mol. The van der Waals surface area contributed by atoms with E-state index in [1.54, 1.807) is 18.2 Å². The molecule has 0 saturated carbocycles. The maximum absolute atomic E-state index is 11.9. The highest BCUT2D eigenvalue weighted by atomic mass is 16.6. The second-order valence-electron chi connectivity index (χ2n) is 5.28. The summed E-state index contributed by atoms with van der Waals surface area (Å²) in [6.07, 6.45) is -1.91. The van der Waals surface area contributed by atoms with Gasteiger partial charge < -0.3 is 24.8 Å². The second-order valence-corrected chi connectivity index (χ2v) is 5.28.